The Morgan fingerprint density at radius 1 is 1.31 bits per heavy atom. The lowest BCUT2D eigenvalue weighted by Gasteiger charge is -2.22. The first-order valence-corrected chi connectivity index (χ1v) is 9.01. The van der Waals surface area contributed by atoms with Gasteiger partial charge in [-0.1, -0.05) is 34.6 Å². The number of carboxylic acid groups (broad SMARTS) is 1. The van der Waals surface area contributed by atoms with Gasteiger partial charge in [0.15, 0.2) is 0 Å². The second-order valence-corrected chi connectivity index (χ2v) is 8.07. The number of benzene rings is 1. The van der Waals surface area contributed by atoms with Crippen LogP contribution in [0.1, 0.15) is 68.3 Å². The molecule has 0 radical (unpaired) electrons. The van der Waals surface area contributed by atoms with Gasteiger partial charge >= 0.3 is 5.97 Å². The van der Waals surface area contributed by atoms with E-state index in [0.717, 1.165) is 12.1 Å². The SMILES string of the molecule is CCc1c(C(=O)O)c(CC(C)CC(C)(C)C)nn1-c1ccc(C#N)cc1. The molecule has 2 aromatic rings. The number of carbonyl (C=O) groups is 1. The van der Waals surface area contributed by atoms with Gasteiger partial charge in [-0.3, -0.25) is 0 Å². The largest absolute Gasteiger partial charge is 0.478 e. The molecule has 1 heterocycles. The minimum atomic E-state index is -0.931. The minimum absolute atomic E-state index is 0.187. The molecule has 0 aliphatic heterocycles. The Balaban J connectivity index is 2.47. The Kier molecular flexibility index (Phi) is 5.86. The average molecular weight is 353 g/mol. The molecule has 1 aromatic heterocycles. The first-order chi connectivity index (χ1) is 12.2. The summed E-state index contributed by atoms with van der Waals surface area (Å²) >= 11 is 0. The van der Waals surface area contributed by atoms with Gasteiger partial charge in [0.05, 0.1) is 28.7 Å². The number of aromatic nitrogens is 2. The van der Waals surface area contributed by atoms with E-state index in [4.69, 9.17) is 5.26 Å². The molecule has 138 valence electrons. The van der Waals surface area contributed by atoms with Crippen molar-refractivity contribution in [1.82, 2.24) is 9.78 Å². The van der Waals surface area contributed by atoms with Crippen molar-refractivity contribution in [2.45, 2.75) is 53.9 Å². The summed E-state index contributed by atoms with van der Waals surface area (Å²) in [5.74, 6) is -0.596. The van der Waals surface area contributed by atoms with Gasteiger partial charge in [0.25, 0.3) is 0 Å². The fourth-order valence-corrected chi connectivity index (χ4v) is 3.56. The van der Waals surface area contributed by atoms with Crippen LogP contribution in [-0.2, 0) is 12.8 Å². The summed E-state index contributed by atoms with van der Waals surface area (Å²) in [6.07, 6.45) is 2.20. The summed E-state index contributed by atoms with van der Waals surface area (Å²) in [5.41, 5.74) is 3.18. The van der Waals surface area contributed by atoms with E-state index in [0.29, 0.717) is 41.3 Å². The Labute approximate surface area is 155 Å². The molecule has 0 aliphatic rings. The highest BCUT2D eigenvalue weighted by Gasteiger charge is 2.25. The smallest absolute Gasteiger partial charge is 0.339 e. The number of rotatable bonds is 6. The Bertz CT molecular complexity index is 821. The lowest BCUT2D eigenvalue weighted by molar-refractivity contribution is 0.0694. The van der Waals surface area contributed by atoms with Crippen LogP contribution >= 0.6 is 0 Å². The highest BCUT2D eigenvalue weighted by molar-refractivity contribution is 5.90. The molecule has 1 N–H and O–H groups in total. The zero-order valence-electron chi connectivity index (χ0n) is 16.2. The summed E-state index contributed by atoms with van der Waals surface area (Å²) < 4.78 is 1.71. The number of hydrogen-bond donors (Lipinski definition) is 1. The standard InChI is InChI=1S/C21H27N3O2/c1-6-18-19(20(25)26)17(11-14(2)12-21(3,4)5)23-24(18)16-9-7-15(13-22)8-10-16/h7-10,14H,6,11-12H2,1-5H3,(H,25,26). The van der Waals surface area contributed by atoms with Crippen LogP contribution in [0.4, 0.5) is 0 Å². The molecule has 1 unspecified atom stereocenters. The molecular weight excluding hydrogens is 326 g/mol. The molecule has 0 saturated heterocycles. The predicted molar refractivity (Wildman–Crippen MR) is 102 cm³/mol. The highest BCUT2D eigenvalue weighted by atomic mass is 16.4. The van der Waals surface area contributed by atoms with Crippen molar-refractivity contribution in [3.8, 4) is 11.8 Å². The van der Waals surface area contributed by atoms with Crippen molar-refractivity contribution in [3.63, 3.8) is 0 Å². The van der Waals surface area contributed by atoms with Crippen LogP contribution in [0.2, 0.25) is 0 Å². The normalized spacial score (nSPS) is 12.6. The van der Waals surface area contributed by atoms with E-state index in [2.05, 4.69) is 38.9 Å². The number of aromatic carboxylic acids is 1. The predicted octanol–water partition coefficient (Wildman–Crippen LogP) is 4.62. The maximum atomic E-state index is 11.9. The average Bonchev–Trinajstić information content (AvgIpc) is 2.91. The summed E-state index contributed by atoms with van der Waals surface area (Å²) in [5, 5.41) is 23.4. The van der Waals surface area contributed by atoms with Crippen LogP contribution in [0, 0.1) is 22.7 Å². The van der Waals surface area contributed by atoms with E-state index in [1.165, 1.54) is 0 Å². The molecule has 2 rings (SSSR count). The molecule has 0 amide bonds. The topological polar surface area (TPSA) is 78.9 Å². The molecular formula is C21H27N3O2. The number of nitriles is 1. The van der Waals surface area contributed by atoms with E-state index in [9.17, 15) is 9.90 Å². The molecule has 0 aliphatic carbocycles. The lowest BCUT2D eigenvalue weighted by Crippen LogP contribution is -2.14. The Hall–Kier alpha value is -2.61. The number of carboxylic acids is 1. The first kappa shape index (κ1) is 19.7. The van der Waals surface area contributed by atoms with Crippen molar-refractivity contribution in [2.75, 3.05) is 0 Å². The van der Waals surface area contributed by atoms with Crippen LogP contribution in [0.15, 0.2) is 24.3 Å². The van der Waals surface area contributed by atoms with Gasteiger partial charge in [0.1, 0.15) is 5.56 Å². The summed E-state index contributed by atoms with van der Waals surface area (Å²) in [6, 6.07) is 9.14. The van der Waals surface area contributed by atoms with Gasteiger partial charge in [0, 0.05) is 0 Å². The lowest BCUT2D eigenvalue weighted by atomic mass is 9.83. The molecule has 1 aromatic carbocycles. The van der Waals surface area contributed by atoms with Crippen molar-refractivity contribution >= 4 is 5.97 Å². The molecule has 1 atom stereocenters. The van der Waals surface area contributed by atoms with Crippen LogP contribution in [0.3, 0.4) is 0 Å². The van der Waals surface area contributed by atoms with E-state index < -0.39 is 5.97 Å². The van der Waals surface area contributed by atoms with Crippen LogP contribution in [0.25, 0.3) is 5.69 Å². The third-order valence-corrected chi connectivity index (χ3v) is 4.35. The molecule has 5 nitrogen and oxygen atoms in total. The monoisotopic (exact) mass is 353 g/mol. The molecule has 0 fully saturated rings. The molecule has 26 heavy (non-hydrogen) atoms. The van der Waals surface area contributed by atoms with Crippen LogP contribution in [0.5, 0.6) is 0 Å². The molecule has 0 spiro atoms. The van der Waals surface area contributed by atoms with Gasteiger partial charge in [-0.05, 0) is 54.9 Å². The van der Waals surface area contributed by atoms with E-state index in [-0.39, 0.29) is 5.41 Å². The molecule has 0 saturated carbocycles. The van der Waals surface area contributed by atoms with Crippen molar-refractivity contribution in [2.24, 2.45) is 11.3 Å². The second kappa shape index (κ2) is 7.74. The third-order valence-electron chi connectivity index (χ3n) is 4.35. The maximum Gasteiger partial charge on any atom is 0.339 e. The van der Waals surface area contributed by atoms with Gasteiger partial charge in [0.2, 0.25) is 0 Å². The number of hydrogen-bond acceptors (Lipinski definition) is 3. The van der Waals surface area contributed by atoms with E-state index in [1.807, 2.05) is 6.92 Å². The first-order valence-electron chi connectivity index (χ1n) is 9.01. The van der Waals surface area contributed by atoms with Gasteiger partial charge in [-0.15, -0.1) is 0 Å². The zero-order chi connectivity index (χ0) is 19.5. The minimum Gasteiger partial charge on any atom is -0.478 e. The Morgan fingerprint density at radius 2 is 1.92 bits per heavy atom. The van der Waals surface area contributed by atoms with Crippen LogP contribution < -0.4 is 0 Å². The third kappa shape index (κ3) is 4.51. The highest BCUT2D eigenvalue weighted by Crippen LogP contribution is 2.28. The summed E-state index contributed by atoms with van der Waals surface area (Å²) in [6.45, 7) is 10.6. The zero-order valence-corrected chi connectivity index (χ0v) is 16.2. The summed E-state index contributed by atoms with van der Waals surface area (Å²) in [7, 11) is 0. The summed E-state index contributed by atoms with van der Waals surface area (Å²) in [4.78, 5) is 11.9. The van der Waals surface area contributed by atoms with Gasteiger partial charge < -0.3 is 5.11 Å². The van der Waals surface area contributed by atoms with Crippen molar-refractivity contribution in [1.29, 1.82) is 5.26 Å². The molecule has 5 heteroatoms. The quantitative estimate of drug-likeness (QED) is 0.822. The van der Waals surface area contributed by atoms with Crippen molar-refractivity contribution < 1.29 is 9.90 Å². The van der Waals surface area contributed by atoms with E-state index >= 15 is 0 Å². The fourth-order valence-electron chi connectivity index (χ4n) is 3.56. The molecule has 0 bridgehead atoms. The second-order valence-electron chi connectivity index (χ2n) is 8.07. The maximum absolute atomic E-state index is 11.9. The van der Waals surface area contributed by atoms with Gasteiger partial charge in [-0.25, -0.2) is 9.48 Å². The van der Waals surface area contributed by atoms with E-state index in [1.54, 1.807) is 28.9 Å². The van der Waals surface area contributed by atoms with Gasteiger partial charge in [-0.2, -0.15) is 10.4 Å². The van der Waals surface area contributed by atoms with Crippen LogP contribution in [-0.4, -0.2) is 20.9 Å². The van der Waals surface area contributed by atoms with Crippen molar-refractivity contribution in [3.05, 3.63) is 46.8 Å². The fraction of sp³-hybridized carbons (Fsp3) is 0.476. The number of nitrogens with zero attached hydrogens (tertiary/aromatic N) is 3. The Morgan fingerprint density at radius 3 is 2.38 bits per heavy atom.